The van der Waals surface area contributed by atoms with Crippen molar-refractivity contribution in [1.82, 2.24) is 14.6 Å². The average Bonchev–Trinajstić information content (AvgIpc) is 2.86. The quantitative estimate of drug-likeness (QED) is 0.844. The molecule has 1 unspecified atom stereocenters. The zero-order chi connectivity index (χ0) is 17.2. The Morgan fingerprint density at radius 1 is 1.35 bits per heavy atom. The van der Waals surface area contributed by atoms with Gasteiger partial charge in [0.25, 0.3) is 5.91 Å². The predicted molar refractivity (Wildman–Crippen MR) is 92.1 cm³/mol. The highest BCUT2D eigenvalue weighted by Crippen LogP contribution is 2.17. The maximum atomic E-state index is 12.3. The minimum absolute atomic E-state index is 0.125. The predicted octanol–water partition coefficient (Wildman–Crippen LogP) is 1.88. The molecule has 1 aromatic carbocycles. The van der Waals surface area contributed by atoms with Gasteiger partial charge in [0.05, 0.1) is 6.26 Å². The van der Waals surface area contributed by atoms with Gasteiger partial charge >= 0.3 is 0 Å². The highest BCUT2D eigenvalue weighted by molar-refractivity contribution is 7.88. The Kier molecular flexibility index (Phi) is 5.11. The van der Waals surface area contributed by atoms with Crippen molar-refractivity contribution in [3.05, 3.63) is 35.5 Å². The number of sulfonamides is 1. The lowest BCUT2D eigenvalue weighted by Gasteiger charge is -2.18. The third-order valence-electron chi connectivity index (χ3n) is 3.84. The number of carbonyl (C=O) groups excluding carboxylic acids is 1. The lowest BCUT2D eigenvalue weighted by molar-refractivity contribution is 0.0933. The zero-order valence-corrected chi connectivity index (χ0v) is 14.7. The van der Waals surface area contributed by atoms with E-state index >= 15 is 0 Å². The molecule has 6 nitrogen and oxygen atoms in total. The second-order valence-corrected chi connectivity index (χ2v) is 8.11. The molecule has 0 saturated heterocycles. The van der Waals surface area contributed by atoms with E-state index in [-0.39, 0.29) is 11.9 Å². The van der Waals surface area contributed by atoms with E-state index in [0.717, 1.165) is 16.5 Å². The molecule has 23 heavy (non-hydrogen) atoms. The van der Waals surface area contributed by atoms with Crippen molar-refractivity contribution in [3.63, 3.8) is 0 Å². The summed E-state index contributed by atoms with van der Waals surface area (Å²) < 4.78 is 24.0. The molecule has 7 heteroatoms. The zero-order valence-electron chi connectivity index (χ0n) is 13.9. The van der Waals surface area contributed by atoms with Gasteiger partial charge in [0.1, 0.15) is 5.69 Å². The van der Waals surface area contributed by atoms with Crippen molar-refractivity contribution in [3.8, 4) is 0 Å². The number of aromatic amines is 1. The molecule has 0 fully saturated rings. The highest BCUT2D eigenvalue weighted by Gasteiger charge is 2.15. The number of nitrogens with one attached hydrogen (secondary N) is 2. The average molecular weight is 337 g/mol. The molecule has 2 rings (SSSR count). The number of H-pyrrole nitrogens is 1. The lowest BCUT2D eigenvalue weighted by atomic mass is 10.2. The van der Waals surface area contributed by atoms with Crippen LogP contribution in [0.4, 0.5) is 0 Å². The van der Waals surface area contributed by atoms with Crippen LogP contribution in [0.3, 0.4) is 0 Å². The summed E-state index contributed by atoms with van der Waals surface area (Å²) in [6.07, 6.45) is 1.72. The van der Waals surface area contributed by atoms with E-state index in [2.05, 4.69) is 10.3 Å². The third kappa shape index (κ3) is 4.56. The number of hydrogen-bond donors (Lipinski definition) is 2. The molecule has 126 valence electrons. The van der Waals surface area contributed by atoms with Crippen molar-refractivity contribution >= 4 is 26.8 Å². The number of amides is 1. The first kappa shape index (κ1) is 17.5. The summed E-state index contributed by atoms with van der Waals surface area (Å²) >= 11 is 0. The number of aromatic nitrogens is 1. The number of aryl methyl sites for hydroxylation is 1. The summed E-state index contributed by atoms with van der Waals surface area (Å²) in [5, 5.41) is 3.89. The van der Waals surface area contributed by atoms with Crippen LogP contribution in [-0.2, 0) is 10.0 Å². The van der Waals surface area contributed by atoms with Gasteiger partial charge in [-0.15, -0.1) is 0 Å². The number of fused-ring (bicyclic) bond motifs is 1. The van der Waals surface area contributed by atoms with E-state index in [1.807, 2.05) is 38.1 Å². The number of hydrogen-bond acceptors (Lipinski definition) is 3. The standard InChI is InChI=1S/C16H23N3O3S/c1-11-5-6-14-13(9-11)10-15(18-14)16(20)17-12(2)7-8-19(3)23(4,21)22/h5-6,9-10,12,18H,7-8H2,1-4H3,(H,17,20). The van der Waals surface area contributed by atoms with Crippen LogP contribution in [0.5, 0.6) is 0 Å². The monoisotopic (exact) mass is 337 g/mol. The molecule has 0 aliphatic rings. The normalized spacial score (nSPS) is 13.4. The van der Waals surface area contributed by atoms with Gasteiger partial charge in [-0.1, -0.05) is 11.6 Å². The van der Waals surface area contributed by atoms with Gasteiger partial charge < -0.3 is 10.3 Å². The summed E-state index contributed by atoms with van der Waals surface area (Å²) in [6, 6.07) is 7.66. The van der Waals surface area contributed by atoms with E-state index in [1.165, 1.54) is 17.6 Å². The number of nitrogens with zero attached hydrogens (tertiary/aromatic N) is 1. The maximum absolute atomic E-state index is 12.3. The van der Waals surface area contributed by atoms with Crippen LogP contribution in [0.25, 0.3) is 10.9 Å². The highest BCUT2D eigenvalue weighted by atomic mass is 32.2. The van der Waals surface area contributed by atoms with Crippen LogP contribution in [0.15, 0.2) is 24.3 Å². The van der Waals surface area contributed by atoms with Crippen molar-refractivity contribution in [2.24, 2.45) is 0 Å². The molecule has 0 saturated carbocycles. The molecular weight excluding hydrogens is 314 g/mol. The van der Waals surface area contributed by atoms with Crippen LogP contribution in [-0.4, -0.2) is 49.5 Å². The molecule has 0 spiro atoms. The van der Waals surface area contributed by atoms with E-state index in [4.69, 9.17) is 0 Å². The van der Waals surface area contributed by atoms with Crippen LogP contribution in [0.2, 0.25) is 0 Å². The van der Waals surface area contributed by atoms with Gasteiger partial charge in [-0.2, -0.15) is 0 Å². The molecule has 0 radical (unpaired) electrons. The second-order valence-electron chi connectivity index (χ2n) is 6.02. The van der Waals surface area contributed by atoms with Crippen molar-refractivity contribution in [1.29, 1.82) is 0 Å². The summed E-state index contributed by atoms with van der Waals surface area (Å²) in [5.41, 5.74) is 2.57. The van der Waals surface area contributed by atoms with Gasteiger partial charge in [0.2, 0.25) is 10.0 Å². The molecule has 1 aromatic heterocycles. The first-order valence-electron chi connectivity index (χ1n) is 7.48. The molecule has 2 aromatic rings. The van der Waals surface area contributed by atoms with Gasteiger partial charge in [0.15, 0.2) is 0 Å². The van der Waals surface area contributed by atoms with Crippen LogP contribution >= 0.6 is 0 Å². The minimum Gasteiger partial charge on any atom is -0.351 e. The summed E-state index contributed by atoms with van der Waals surface area (Å²) in [5.74, 6) is -0.187. The first-order valence-corrected chi connectivity index (χ1v) is 9.33. The Morgan fingerprint density at radius 2 is 2.04 bits per heavy atom. The number of carbonyl (C=O) groups is 1. The largest absolute Gasteiger partial charge is 0.351 e. The fourth-order valence-electron chi connectivity index (χ4n) is 2.29. The molecule has 2 N–H and O–H groups in total. The summed E-state index contributed by atoms with van der Waals surface area (Å²) in [6.45, 7) is 4.24. The van der Waals surface area contributed by atoms with Gasteiger partial charge in [0, 0.05) is 30.5 Å². The van der Waals surface area contributed by atoms with Gasteiger partial charge in [-0.25, -0.2) is 12.7 Å². The van der Waals surface area contributed by atoms with E-state index in [0.29, 0.717) is 18.7 Å². The van der Waals surface area contributed by atoms with Crippen molar-refractivity contribution in [2.45, 2.75) is 26.3 Å². The smallest absolute Gasteiger partial charge is 0.267 e. The Labute approximate surface area is 136 Å². The Morgan fingerprint density at radius 3 is 2.70 bits per heavy atom. The SMILES string of the molecule is Cc1ccc2[nH]c(C(=O)NC(C)CCN(C)S(C)(=O)=O)cc2c1. The molecule has 0 aliphatic carbocycles. The Hall–Kier alpha value is -1.86. The fraction of sp³-hybridized carbons (Fsp3) is 0.438. The lowest BCUT2D eigenvalue weighted by Crippen LogP contribution is -2.36. The van der Waals surface area contributed by atoms with Gasteiger partial charge in [-0.05, 0) is 38.5 Å². The molecule has 0 aliphatic heterocycles. The Bertz CT molecular complexity index is 811. The second kappa shape index (κ2) is 6.72. The van der Waals surface area contributed by atoms with E-state index in [9.17, 15) is 13.2 Å². The van der Waals surface area contributed by atoms with Crippen molar-refractivity contribution < 1.29 is 13.2 Å². The first-order chi connectivity index (χ1) is 10.7. The summed E-state index contributed by atoms with van der Waals surface area (Å²) in [4.78, 5) is 15.4. The van der Waals surface area contributed by atoms with Crippen LogP contribution in [0.1, 0.15) is 29.4 Å². The molecular formula is C16H23N3O3S. The molecule has 1 atom stereocenters. The number of benzene rings is 1. The molecule has 1 amide bonds. The fourth-order valence-corrected chi connectivity index (χ4v) is 2.73. The third-order valence-corrected chi connectivity index (χ3v) is 5.16. The minimum atomic E-state index is -3.19. The van der Waals surface area contributed by atoms with Crippen molar-refractivity contribution in [2.75, 3.05) is 19.8 Å². The van der Waals surface area contributed by atoms with E-state index in [1.54, 1.807) is 0 Å². The molecule has 0 bridgehead atoms. The Balaban J connectivity index is 1.97. The number of rotatable bonds is 6. The van der Waals surface area contributed by atoms with Crippen LogP contribution < -0.4 is 5.32 Å². The summed E-state index contributed by atoms with van der Waals surface area (Å²) in [7, 11) is -1.65. The van der Waals surface area contributed by atoms with Crippen LogP contribution in [0, 0.1) is 6.92 Å². The van der Waals surface area contributed by atoms with Gasteiger partial charge in [-0.3, -0.25) is 4.79 Å². The molecule has 1 heterocycles. The topological polar surface area (TPSA) is 82.3 Å². The maximum Gasteiger partial charge on any atom is 0.267 e. The van der Waals surface area contributed by atoms with E-state index < -0.39 is 10.0 Å².